The van der Waals surface area contributed by atoms with Gasteiger partial charge in [-0.2, -0.15) is 25.4 Å². The van der Waals surface area contributed by atoms with E-state index in [0.29, 0.717) is 12.0 Å². The monoisotopic (exact) mass is 566 g/mol. The van der Waals surface area contributed by atoms with Crippen LogP contribution in [0.5, 0.6) is 0 Å². The minimum atomic E-state index is -3.38. The van der Waals surface area contributed by atoms with Crippen molar-refractivity contribution >= 4 is 45.0 Å². The first-order valence-corrected chi connectivity index (χ1v) is 16.5. The van der Waals surface area contributed by atoms with E-state index < -0.39 is 10.1 Å². The molecule has 2 aromatic carbocycles. The van der Waals surface area contributed by atoms with E-state index in [-0.39, 0.29) is 6.61 Å². The molecule has 0 atom stereocenters. The van der Waals surface area contributed by atoms with E-state index in [2.05, 4.69) is 29.6 Å². The Morgan fingerprint density at radius 3 is 2.30 bits per heavy atom. The third kappa shape index (κ3) is 7.69. The smallest absolute Gasteiger partial charge is 0.264 e. The van der Waals surface area contributed by atoms with Gasteiger partial charge >= 0.3 is 0 Å². The van der Waals surface area contributed by atoms with Gasteiger partial charge in [0.05, 0.1) is 29.0 Å². The number of rotatable bonds is 12. The van der Waals surface area contributed by atoms with E-state index in [1.165, 1.54) is 0 Å². The molecule has 37 heavy (non-hydrogen) atoms. The number of pyridine rings is 1. The first-order chi connectivity index (χ1) is 18.0. The molecule has 2 aromatic heterocycles. The number of hydrogen-bond donors (Lipinski definition) is 0. The van der Waals surface area contributed by atoms with Crippen molar-refractivity contribution in [2.24, 2.45) is 0 Å². The maximum Gasteiger partial charge on any atom is 0.264 e. The van der Waals surface area contributed by atoms with E-state index in [0.717, 1.165) is 61.4 Å². The molecule has 2 heterocycles. The SMILES string of the molecule is CS(=O)(=O)OCCCCSCSc1nc(-c2sccc2-c2ccccc2)cc(-c2ccccc2)c1C#N. The molecule has 9 heteroatoms. The Morgan fingerprint density at radius 1 is 0.973 bits per heavy atom. The van der Waals surface area contributed by atoms with Crippen molar-refractivity contribution in [1.29, 1.82) is 5.26 Å². The average molecular weight is 567 g/mol. The quantitative estimate of drug-likeness (QED) is 0.0758. The predicted molar refractivity (Wildman–Crippen MR) is 156 cm³/mol. The molecule has 0 N–H and O–H groups in total. The van der Waals surface area contributed by atoms with Crippen LogP contribution in [0.25, 0.3) is 32.8 Å². The largest absolute Gasteiger partial charge is 0.270 e. The zero-order valence-corrected chi connectivity index (χ0v) is 23.6. The lowest BCUT2D eigenvalue weighted by molar-refractivity contribution is 0.315. The number of nitrogens with zero attached hydrogens (tertiary/aromatic N) is 2. The first-order valence-electron chi connectivity index (χ1n) is 11.6. The van der Waals surface area contributed by atoms with Crippen LogP contribution in [0.15, 0.2) is 83.2 Å². The van der Waals surface area contributed by atoms with Crippen LogP contribution in [-0.4, -0.2) is 37.1 Å². The molecule has 0 saturated carbocycles. The molecular weight excluding hydrogens is 541 g/mol. The zero-order chi connectivity index (χ0) is 26.1. The van der Waals surface area contributed by atoms with Gasteiger partial charge in [0.15, 0.2) is 0 Å². The Balaban J connectivity index is 1.57. The van der Waals surface area contributed by atoms with Crippen molar-refractivity contribution in [3.8, 4) is 38.9 Å². The molecule has 0 saturated heterocycles. The van der Waals surface area contributed by atoms with Crippen molar-refractivity contribution in [1.82, 2.24) is 4.98 Å². The van der Waals surface area contributed by atoms with Crippen molar-refractivity contribution in [3.05, 3.63) is 83.7 Å². The molecule has 0 radical (unpaired) electrons. The Labute approximate surface area is 231 Å². The minimum absolute atomic E-state index is 0.208. The maximum atomic E-state index is 11.1. The molecule has 5 nitrogen and oxygen atoms in total. The van der Waals surface area contributed by atoms with Gasteiger partial charge in [-0.15, -0.1) is 11.3 Å². The second-order valence-corrected chi connectivity index (χ2v) is 13.1. The molecule has 0 unspecified atom stereocenters. The average Bonchev–Trinajstić information content (AvgIpc) is 3.40. The highest BCUT2D eigenvalue weighted by molar-refractivity contribution is 8.16. The Kier molecular flexibility index (Phi) is 9.83. The Hall–Kier alpha value is -2.61. The zero-order valence-electron chi connectivity index (χ0n) is 20.3. The van der Waals surface area contributed by atoms with E-state index in [4.69, 9.17) is 9.17 Å². The number of unbranched alkanes of at least 4 members (excludes halogenated alkanes) is 1. The van der Waals surface area contributed by atoms with Crippen LogP contribution in [0, 0.1) is 11.3 Å². The number of aromatic nitrogens is 1. The topological polar surface area (TPSA) is 80.1 Å². The standard InChI is InChI=1S/C28H26N2O3S4/c1-37(31,32)33-15-8-9-16-34-20-36-28-25(19-29)24(22-12-6-3-7-13-22)18-26(30-28)27-23(14-17-35-27)21-10-4-2-5-11-21/h2-7,10-14,17-18H,8-9,15-16,20H2,1H3. The van der Waals surface area contributed by atoms with Gasteiger partial charge in [-0.3, -0.25) is 4.18 Å². The molecule has 0 fully saturated rings. The number of thioether (sulfide) groups is 2. The summed E-state index contributed by atoms with van der Waals surface area (Å²) in [4.78, 5) is 6.06. The molecule has 0 aliphatic rings. The van der Waals surface area contributed by atoms with Gasteiger partial charge in [0, 0.05) is 16.2 Å². The summed E-state index contributed by atoms with van der Waals surface area (Å²) in [7, 11) is -3.38. The van der Waals surface area contributed by atoms with Gasteiger partial charge in [0.25, 0.3) is 10.1 Å². The third-order valence-corrected chi connectivity index (χ3v) is 9.24. The van der Waals surface area contributed by atoms with Crippen LogP contribution >= 0.6 is 34.9 Å². The molecule has 0 aliphatic carbocycles. The van der Waals surface area contributed by atoms with Crippen LogP contribution in [-0.2, 0) is 14.3 Å². The summed E-state index contributed by atoms with van der Waals surface area (Å²) in [6, 6.07) is 26.8. The number of thiophene rings is 1. The second-order valence-electron chi connectivity index (χ2n) is 8.15. The van der Waals surface area contributed by atoms with Crippen molar-refractivity contribution in [3.63, 3.8) is 0 Å². The summed E-state index contributed by atoms with van der Waals surface area (Å²) in [6.07, 6.45) is 2.60. The maximum absolute atomic E-state index is 11.1. The third-order valence-electron chi connectivity index (χ3n) is 5.42. The van der Waals surface area contributed by atoms with Gasteiger partial charge in [0.2, 0.25) is 0 Å². The number of nitriles is 1. The molecule has 4 rings (SSSR count). The highest BCUT2D eigenvalue weighted by Gasteiger charge is 2.18. The van der Waals surface area contributed by atoms with Crippen LogP contribution in [0.4, 0.5) is 0 Å². The molecular formula is C28H26N2O3S4. The molecule has 190 valence electrons. The summed E-state index contributed by atoms with van der Waals surface area (Å²) in [5.41, 5.74) is 5.57. The number of hydrogen-bond acceptors (Lipinski definition) is 8. The molecule has 0 spiro atoms. The van der Waals surface area contributed by atoms with Gasteiger partial charge < -0.3 is 0 Å². The summed E-state index contributed by atoms with van der Waals surface area (Å²) in [6.45, 7) is 0.208. The fourth-order valence-corrected chi connectivity index (χ4v) is 7.14. The van der Waals surface area contributed by atoms with Gasteiger partial charge in [-0.05, 0) is 47.2 Å². The lowest BCUT2D eigenvalue weighted by Gasteiger charge is -2.13. The molecule has 4 aromatic rings. The van der Waals surface area contributed by atoms with Gasteiger partial charge in [-0.1, -0.05) is 72.4 Å². The molecule has 0 amide bonds. The summed E-state index contributed by atoms with van der Waals surface area (Å²) in [5, 5.41) is 13.6. The van der Waals surface area contributed by atoms with Crippen molar-refractivity contribution < 1.29 is 12.6 Å². The minimum Gasteiger partial charge on any atom is -0.270 e. The van der Waals surface area contributed by atoms with E-state index in [1.807, 2.05) is 54.6 Å². The number of benzene rings is 2. The Morgan fingerprint density at radius 2 is 1.65 bits per heavy atom. The highest BCUT2D eigenvalue weighted by atomic mass is 32.2. The Bertz CT molecular complexity index is 1460. The van der Waals surface area contributed by atoms with Crippen LogP contribution in [0.3, 0.4) is 0 Å². The van der Waals surface area contributed by atoms with Crippen LogP contribution < -0.4 is 0 Å². The lowest BCUT2D eigenvalue weighted by atomic mass is 9.99. The molecule has 0 aliphatic heterocycles. The second kappa shape index (κ2) is 13.3. The van der Waals surface area contributed by atoms with E-state index >= 15 is 0 Å². The van der Waals surface area contributed by atoms with Crippen LogP contribution in [0.2, 0.25) is 0 Å². The fourth-order valence-electron chi connectivity index (χ4n) is 3.72. The summed E-state index contributed by atoms with van der Waals surface area (Å²) < 4.78 is 26.9. The predicted octanol–water partition coefficient (Wildman–Crippen LogP) is 7.55. The van der Waals surface area contributed by atoms with E-state index in [1.54, 1.807) is 34.9 Å². The normalized spacial score (nSPS) is 11.4. The lowest BCUT2D eigenvalue weighted by Crippen LogP contribution is -2.04. The first kappa shape index (κ1) is 27.4. The summed E-state index contributed by atoms with van der Waals surface area (Å²) >= 11 is 4.96. The molecule has 0 bridgehead atoms. The van der Waals surface area contributed by atoms with Crippen molar-refractivity contribution in [2.45, 2.75) is 17.9 Å². The fraction of sp³-hybridized carbons (Fsp3) is 0.214. The highest BCUT2D eigenvalue weighted by Crippen LogP contribution is 2.40. The van der Waals surface area contributed by atoms with Gasteiger partial charge in [-0.25, -0.2) is 4.98 Å². The van der Waals surface area contributed by atoms with Crippen LogP contribution in [0.1, 0.15) is 18.4 Å². The summed E-state index contributed by atoms with van der Waals surface area (Å²) in [5.74, 6) is 0.871. The van der Waals surface area contributed by atoms with E-state index in [9.17, 15) is 13.7 Å². The van der Waals surface area contributed by atoms with Crippen molar-refractivity contribution in [2.75, 3.05) is 23.7 Å². The van der Waals surface area contributed by atoms with Gasteiger partial charge in [0.1, 0.15) is 11.1 Å².